The van der Waals surface area contributed by atoms with Gasteiger partial charge in [-0.2, -0.15) is 0 Å². The Balaban J connectivity index is 2.14. The molecule has 0 aromatic heterocycles. The van der Waals surface area contributed by atoms with Crippen molar-refractivity contribution in [3.05, 3.63) is 30.3 Å². The highest BCUT2D eigenvalue weighted by Crippen LogP contribution is 2.05. The largest absolute Gasteiger partial charge is 0.636 e. The van der Waals surface area contributed by atoms with E-state index in [1.807, 2.05) is 19.9 Å². The Labute approximate surface area is 112 Å². The molecule has 2 rings (SSSR count). The molecule has 0 atom stereocenters. The van der Waals surface area contributed by atoms with E-state index < -0.39 is 19.1 Å². The lowest BCUT2D eigenvalue weighted by atomic mass is 9.78. The summed E-state index contributed by atoms with van der Waals surface area (Å²) in [6.45, 7) is 4.01. The quantitative estimate of drug-likeness (QED) is 0.711. The van der Waals surface area contributed by atoms with Crippen LogP contribution >= 0.6 is 0 Å². The van der Waals surface area contributed by atoms with Crippen molar-refractivity contribution in [3.63, 3.8) is 0 Å². The van der Waals surface area contributed by atoms with Gasteiger partial charge in [-0.1, -0.05) is 30.3 Å². The molecule has 0 amide bonds. The Hall–Kier alpha value is -1.82. The van der Waals surface area contributed by atoms with Crippen LogP contribution in [0.1, 0.15) is 13.8 Å². The number of hydrogen-bond donors (Lipinski definition) is 0. The van der Waals surface area contributed by atoms with Crippen LogP contribution in [0.3, 0.4) is 0 Å². The number of hydrogen-bond acceptors (Lipinski definition) is 5. The van der Waals surface area contributed by atoms with Gasteiger partial charge in [0.1, 0.15) is 0 Å². The standard InChI is InChI=1S/C13H16BNO4/c1-10(2)15-8-12(16)18-14(19-13(17)9-15)11-6-4-3-5-7-11/h3-7,10H,8-9H2,1-2H3. The van der Waals surface area contributed by atoms with Gasteiger partial charge in [-0.3, -0.25) is 14.5 Å². The number of carbonyl (C=O) groups excluding carboxylic acids is 2. The van der Waals surface area contributed by atoms with Crippen molar-refractivity contribution in [3.8, 4) is 0 Å². The summed E-state index contributed by atoms with van der Waals surface area (Å²) in [5.41, 5.74) is 0.655. The molecule has 0 aliphatic carbocycles. The lowest BCUT2D eigenvalue weighted by molar-refractivity contribution is -0.146. The first kappa shape index (κ1) is 13.6. The first-order valence-electron chi connectivity index (χ1n) is 6.24. The van der Waals surface area contributed by atoms with Crippen LogP contribution in [0.15, 0.2) is 30.3 Å². The highest BCUT2D eigenvalue weighted by Gasteiger charge is 2.34. The summed E-state index contributed by atoms with van der Waals surface area (Å²) in [5, 5.41) is 0. The predicted octanol–water partition coefficient (Wildman–Crippen LogP) is 0.192. The molecule has 1 saturated heterocycles. The maximum Gasteiger partial charge on any atom is 0.636 e. The van der Waals surface area contributed by atoms with E-state index in [0.29, 0.717) is 5.46 Å². The molecule has 0 spiro atoms. The van der Waals surface area contributed by atoms with E-state index in [0.717, 1.165) is 0 Å². The molecule has 0 unspecified atom stereocenters. The number of carbonyl (C=O) groups is 2. The Morgan fingerprint density at radius 2 is 1.58 bits per heavy atom. The molecule has 5 nitrogen and oxygen atoms in total. The zero-order valence-electron chi connectivity index (χ0n) is 11.0. The fourth-order valence-electron chi connectivity index (χ4n) is 1.84. The molecule has 6 heteroatoms. The van der Waals surface area contributed by atoms with Crippen LogP contribution in [-0.4, -0.2) is 43.1 Å². The van der Waals surface area contributed by atoms with Gasteiger partial charge in [0, 0.05) is 11.5 Å². The average Bonchev–Trinajstić information content (AvgIpc) is 2.36. The van der Waals surface area contributed by atoms with Crippen LogP contribution in [0.5, 0.6) is 0 Å². The number of benzene rings is 1. The highest BCUT2D eigenvalue weighted by molar-refractivity contribution is 6.64. The summed E-state index contributed by atoms with van der Waals surface area (Å²) in [4.78, 5) is 25.3. The Morgan fingerprint density at radius 3 is 2.05 bits per heavy atom. The van der Waals surface area contributed by atoms with Crippen molar-refractivity contribution in [1.82, 2.24) is 4.90 Å². The molecule has 1 heterocycles. The minimum Gasteiger partial charge on any atom is -0.494 e. The minimum atomic E-state index is -0.949. The molecule has 1 aromatic rings. The van der Waals surface area contributed by atoms with Gasteiger partial charge >= 0.3 is 19.1 Å². The SMILES string of the molecule is CC(C)N1CC(=O)OB(c2ccccc2)OC(=O)C1. The van der Waals surface area contributed by atoms with Crippen molar-refractivity contribution < 1.29 is 18.9 Å². The summed E-state index contributed by atoms with van der Waals surface area (Å²) >= 11 is 0. The third-order valence-corrected chi connectivity index (χ3v) is 2.94. The predicted molar refractivity (Wildman–Crippen MR) is 70.7 cm³/mol. The molecule has 0 saturated carbocycles. The van der Waals surface area contributed by atoms with Gasteiger partial charge in [0.05, 0.1) is 13.1 Å². The second-order valence-electron chi connectivity index (χ2n) is 4.72. The Morgan fingerprint density at radius 1 is 1.05 bits per heavy atom. The van der Waals surface area contributed by atoms with E-state index >= 15 is 0 Å². The third-order valence-electron chi connectivity index (χ3n) is 2.94. The molecular weight excluding hydrogens is 245 g/mol. The highest BCUT2D eigenvalue weighted by atomic mass is 16.6. The Bertz CT molecular complexity index is 443. The van der Waals surface area contributed by atoms with Crippen LogP contribution in [0.2, 0.25) is 0 Å². The molecule has 0 radical (unpaired) electrons. The maximum absolute atomic E-state index is 11.8. The smallest absolute Gasteiger partial charge is 0.494 e. The van der Waals surface area contributed by atoms with Gasteiger partial charge < -0.3 is 9.31 Å². The van der Waals surface area contributed by atoms with Crippen molar-refractivity contribution >= 4 is 24.5 Å². The van der Waals surface area contributed by atoms with Gasteiger partial charge in [0.15, 0.2) is 0 Å². The van der Waals surface area contributed by atoms with Crippen molar-refractivity contribution in [2.45, 2.75) is 19.9 Å². The van der Waals surface area contributed by atoms with Crippen LogP contribution in [-0.2, 0) is 18.9 Å². The normalized spacial score (nSPS) is 17.7. The minimum absolute atomic E-state index is 0.0772. The summed E-state index contributed by atoms with van der Waals surface area (Å²) in [6, 6.07) is 9.04. The van der Waals surface area contributed by atoms with Gasteiger partial charge in [0.25, 0.3) is 0 Å². The van der Waals surface area contributed by atoms with Crippen LogP contribution < -0.4 is 5.46 Å². The van der Waals surface area contributed by atoms with E-state index in [9.17, 15) is 9.59 Å². The molecule has 1 aliphatic rings. The molecule has 1 fully saturated rings. The maximum atomic E-state index is 11.8. The average molecular weight is 261 g/mol. The second kappa shape index (κ2) is 5.88. The third kappa shape index (κ3) is 3.57. The first-order valence-corrected chi connectivity index (χ1v) is 6.24. The van der Waals surface area contributed by atoms with E-state index in [1.165, 1.54) is 0 Å². The van der Waals surface area contributed by atoms with Crippen molar-refractivity contribution in [2.24, 2.45) is 0 Å². The molecule has 0 N–H and O–H groups in total. The molecule has 19 heavy (non-hydrogen) atoms. The Kier molecular flexibility index (Phi) is 4.22. The lowest BCUT2D eigenvalue weighted by Crippen LogP contribution is -2.50. The monoisotopic (exact) mass is 261 g/mol. The van der Waals surface area contributed by atoms with E-state index in [-0.39, 0.29) is 19.1 Å². The molecular formula is C13H16BNO4. The number of nitrogens with zero attached hydrogens (tertiary/aromatic N) is 1. The van der Waals surface area contributed by atoms with Crippen LogP contribution in [0.25, 0.3) is 0 Å². The summed E-state index contributed by atoms with van der Waals surface area (Å²) in [5.74, 6) is -0.787. The second-order valence-corrected chi connectivity index (χ2v) is 4.72. The fraction of sp³-hybridized carbons (Fsp3) is 0.385. The van der Waals surface area contributed by atoms with Crippen LogP contribution in [0, 0.1) is 0 Å². The molecule has 0 bridgehead atoms. The first-order chi connectivity index (χ1) is 9.06. The topological polar surface area (TPSA) is 55.8 Å². The van der Waals surface area contributed by atoms with Crippen molar-refractivity contribution in [2.75, 3.05) is 13.1 Å². The van der Waals surface area contributed by atoms with Gasteiger partial charge in [-0.25, -0.2) is 0 Å². The van der Waals surface area contributed by atoms with Crippen molar-refractivity contribution in [1.29, 1.82) is 0 Å². The molecule has 1 aliphatic heterocycles. The fourth-order valence-corrected chi connectivity index (χ4v) is 1.84. The number of rotatable bonds is 2. The van der Waals surface area contributed by atoms with E-state index in [4.69, 9.17) is 9.31 Å². The van der Waals surface area contributed by atoms with Gasteiger partial charge in [-0.05, 0) is 13.8 Å². The molecule has 1 aromatic carbocycles. The molecule has 100 valence electrons. The van der Waals surface area contributed by atoms with Gasteiger partial charge in [0.2, 0.25) is 0 Å². The zero-order chi connectivity index (χ0) is 13.8. The zero-order valence-corrected chi connectivity index (χ0v) is 11.0. The van der Waals surface area contributed by atoms with Gasteiger partial charge in [-0.15, -0.1) is 0 Å². The summed E-state index contributed by atoms with van der Waals surface area (Å²) in [7, 11) is -0.949. The van der Waals surface area contributed by atoms with E-state index in [2.05, 4.69) is 0 Å². The lowest BCUT2D eigenvalue weighted by Gasteiger charge is -2.28. The van der Waals surface area contributed by atoms with Crippen LogP contribution in [0.4, 0.5) is 0 Å². The summed E-state index contributed by atoms with van der Waals surface area (Å²) in [6.07, 6.45) is 0. The van der Waals surface area contributed by atoms with E-state index in [1.54, 1.807) is 29.2 Å². The summed E-state index contributed by atoms with van der Waals surface area (Å²) < 4.78 is 10.4.